The van der Waals surface area contributed by atoms with Gasteiger partial charge in [0, 0.05) is 11.6 Å². The Labute approximate surface area is 134 Å². The van der Waals surface area contributed by atoms with Crippen molar-refractivity contribution >= 4 is 21.6 Å². The molecule has 0 unspecified atom stereocenters. The van der Waals surface area contributed by atoms with Gasteiger partial charge in [-0.15, -0.1) is 0 Å². The zero-order valence-electron chi connectivity index (χ0n) is 12.6. The molecule has 0 atom stereocenters. The fourth-order valence-electron chi connectivity index (χ4n) is 2.06. The van der Waals surface area contributed by atoms with Gasteiger partial charge in [0.1, 0.15) is 17.3 Å². The minimum absolute atomic E-state index is 0.161. The van der Waals surface area contributed by atoms with Gasteiger partial charge in [-0.25, -0.2) is 13.1 Å². The smallest absolute Gasteiger partial charge is 0.244 e. The van der Waals surface area contributed by atoms with Gasteiger partial charge < -0.3 is 4.74 Å². The van der Waals surface area contributed by atoms with Gasteiger partial charge in [0.15, 0.2) is 0 Å². The largest absolute Gasteiger partial charge is 0.492 e. The number of sulfonamides is 1. The molecule has 2 aromatic rings. The first-order valence-electron chi connectivity index (χ1n) is 6.71. The van der Waals surface area contributed by atoms with Gasteiger partial charge in [-0.05, 0) is 44.5 Å². The van der Waals surface area contributed by atoms with Crippen molar-refractivity contribution in [2.75, 3.05) is 13.2 Å². The minimum Gasteiger partial charge on any atom is -0.492 e. The molecular weight excluding hydrogens is 326 g/mol. The molecule has 0 amide bonds. The van der Waals surface area contributed by atoms with E-state index in [-0.39, 0.29) is 18.0 Å². The number of halogens is 1. The van der Waals surface area contributed by atoms with Crippen molar-refractivity contribution < 1.29 is 13.2 Å². The topological polar surface area (TPSA) is 84.1 Å². The number of aromatic nitrogens is 2. The molecule has 0 saturated carbocycles. The normalized spacial score (nSPS) is 11.6. The lowest BCUT2D eigenvalue weighted by molar-refractivity contribution is 0.322. The van der Waals surface area contributed by atoms with Gasteiger partial charge in [0.05, 0.1) is 11.4 Å². The van der Waals surface area contributed by atoms with Crippen molar-refractivity contribution in [2.24, 2.45) is 0 Å². The van der Waals surface area contributed by atoms with Crippen LogP contribution in [0.3, 0.4) is 0 Å². The molecule has 0 saturated heterocycles. The molecule has 1 aromatic carbocycles. The van der Waals surface area contributed by atoms with Gasteiger partial charge in [0.25, 0.3) is 0 Å². The highest BCUT2D eigenvalue weighted by molar-refractivity contribution is 7.89. The number of nitrogens with zero attached hydrogens (tertiary/aromatic N) is 1. The van der Waals surface area contributed by atoms with Crippen LogP contribution in [0.25, 0.3) is 0 Å². The summed E-state index contributed by atoms with van der Waals surface area (Å²) in [6, 6.07) is 5.30. The Balaban J connectivity index is 1.92. The number of ether oxygens (including phenoxy) is 1. The van der Waals surface area contributed by atoms with Crippen LogP contribution in [-0.2, 0) is 10.0 Å². The molecule has 0 radical (unpaired) electrons. The van der Waals surface area contributed by atoms with Crippen LogP contribution in [0.1, 0.15) is 17.0 Å². The molecule has 1 heterocycles. The van der Waals surface area contributed by atoms with E-state index in [9.17, 15) is 8.42 Å². The third kappa shape index (κ3) is 3.79. The van der Waals surface area contributed by atoms with Crippen molar-refractivity contribution in [3.63, 3.8) is 0 Å². The molecule has 0 aliphatic heterocycles. The van der Waals surface area contributed by atoms with Crippen LogP contribution in [-0.4, -0.2) is 31.8 Å². The lowest BCUT2D eigenvalue weighted by Crippen LogP contribution is -2.29. The number of aromatic amines is 1. The van der Waals surface area contributed by atoms with Gasteiger partial charge in [-0.1, -0.05) is 11.6 Å². The number of nitrogens with one attached hydrogen (secondary N) is 2. The molecule has 0 aliphatic carbocycles. The summed E-state index contributed by atoms with van der Waals surface area (Å²) in [6.07, 6.45) is 0. The first-order valence-corrected chi connectivity index (χ1v) is 8.57. The fourth-order valence-corrected chi connectivity index (χ4v) is 3.56. The van der Waals surface area contributed by atoms with E-state index in [0.717, 1.165) is 5.56 Å². The zero-order valence-corrected chi connectivity index (χ0v) is 14.2. The maximum atomic E-state index is 12.2. The van der Waals surface area contributed by atoms with Crippen LogP contribution >= 0.6 is 11.6 Å². The summed E-state index contributed by atoms with van der Waals surface area (Å²) in [4.78, 5) is 0.190. The molecule has 120 valence electrons. The van der Waals surface area contributed by atoms with Crippen LogP contribution in [0, 0.1) is 20.8 Å². The number of aryl methyl sites for hydroxylation is 3. The Hall–Kier alpha value is -1.57. The Morgan fingerprint density at radius 2 is 2.05 bits per heavy atom. The van der Waals surface area contributed by atoms with Crippen LogP contribution < -0.4 is 9.46 Å². The second-order valence-corrected chi connectivity index (χ2v) is 7.03. The molecule has 2 rings (SSSR count). The van der Waals surface area contributed by atoms with E-state index in [1.165, 1.54) is 0 Å². The van der Waals surface area contributed by atoms with Crippen LogP contribution in [0.5, 0.6) is 5.75 Å². The van der Waals surface area contributed by atoms with Crippen molar-refractivity contribution in [3.05, 3.63) is 40.2 Å². The quantitative estimate of drug-likeness (QED) is 0.788. The van der Waals surface area contributed by atoms with E-state index in [4.69, 9.17) is 16.3 Å². The average molecular weight is 344 g/mol. The van der Waals surface area contributed by atoms with Crippen LogP contribution in [0.2, 0.25) is 5.02 Å². The molecule has 0 spiro atoms. The number of hydrogen-bond acceptors (Lipinski definition) is 4. The predicted molar refractivity (Wildman–Crippen MR) is 84.9 cm³/mol. The van der Waals surface area contributed by atoms with E-state index in [0.29, 0.717) is 22.2 Å². The molecular formula is C14H18ClN3O3S. The standard InChI is InChI=1S/C14H18ClN3O3S/c1-9-8-12(4-5-13(9)15)21-7-6-16-22(19,20)14-10(2)17-18-11(14)3/h4-5,8,16H,6-7H2,1-3H3,(H,17,18). The highest BCUT2D eigenvalue weighted by Gasteiger charge is 2.21. The van der Waals surface area contributed by atoms with Crippen molar-refractivity contribution in [1.82, 2.24) is 14.9 Å². The number of benzene rings is 1. The van der Waals surface area contributed by atoms with Gasteiger partial charge >= 0.3 is 0 Å². The fraction of sp³-hybridized carbons (Fsp3) is 0.357. The summed E-state index contributed by atoms with van der Waals surface area (Å²) >= 11 is 5.93. The first kappa shape index (κ1) is 16.8. The average Bonchev–Trinajstić information content (AvgIpc) is 2.79. The van der Waals surface area contributed by atoms with Crippen molar-refractivity contribution in [1.29, 1.82) is 0 Å². The van der Waals surface area contributed by atoms with Gasteiger partial charge in [-0.3, -0.25) is 5.10 Å². The maximum Gasteiger partial charge on any atom is 0.244 e. The number of rotatable bonds is 6. The molecule has 8 heteroatoms. The lowest BCUT2D eigenvalue weighted by atomic mass is 10.2. The highest BCUT2D eigenvalue weighted by Crippen LogP contribution is 2.21. The molecule has 6 nitrogen and oxygen atoms in total. The second kappa shape index (κ2) is 6.68. The SMILES string of the molecule is Cc1cc(OCCNS(=O)(=O)c2c(C)n[nH]c2C)ccc1Cl. The van der Waals surface area contributed by atoms with Gasteiger partial charge in [-0.2, -0.15) is 5.10 Å². The molecule has 0 aliphatic rings. The van der Waals surface area contributed by atoms with E-state index < -0.39 is 10.0 Å². The predicted octanol–water partition coefficient (Wildman–Crippen LogP) is 2.35. The van der Waals surface area contributed by atoms with Crippen molar-refractivity contribution in [2.45, 2.75) is 25.7 Å². The third-order valence-electron chi connectivity index (χ3n) is 3.12. The maximum absolute atomic E-state index is 12.2. The summed E-state index contributed by atoms with van der Waals surface area (Å²) in [5.41, 5.74) is 1.86. The Morgan fingerprint density at radius 3 is 2.64 bits per heavy atom. The van der Waals surface area contributed by atoms with E-state index in [2.05, 4.69) is 14.9 Å². The Morgan fingerprint density at radius 1 is 1.32 bits per heavy atom. The zero-order chi connectivity index (χ0) is 16.3. The third-order valence-corrected chi connectivity index (χ3v) is 5.27. The summed E-state index contributed by atoms with van der Waals surface area (Å²) in [5, 5.41) is 7.21. The Kier molecular flexibility index (Phi) is 5.10. The molecule has 22 heavy (non-hydrogen) atoms. The summed E-state index contributed by atoms with van der Waals surface area (Å²) < 4.78 is 32.4. The Bertz CT molecular complexity index is 752. The van der Waals surface area contributed by atoms with Gasteiger partial charge in [0.2, 0.25) is 10.0 Å². The van der Waals surface area contributed by atoms with Crippen LogP contribution in [0.15, 0.2) is 23.1 Å². The van der Waals surface area contributed by atoms with E-state index >= 15 is 0 Å². The molecule has 2 N–H and O–H groups in total. The number of hydrogen-bond donors (Lipinski definition) is 2. The molecule has 0 bridgehead atoms. The van der Waals surface area contributed by atoms with Crippen molar-refractivity contribution in [3.8, 4) is 5.75 Å². The monoisotopic (exact) mass is 343 g/mol. The summed E-state index contributed by atoms with van der Waals surface area (Å²) in [7, 11) is -3.59. The number of H-pyrrole nitrogens is 1. The minimum atomic E-state index is -3.59. The van der Waals surface area contributed by atoms with Crippen LogP contribution in [0.4, 0.5) is 0 Å². The molecule has 1 aromatic heterocycles. The van der Waals surface area contributed by atoms with E-state index in [1.807, 2.05) is 6.92 Å². The highest BCUT2D eigenvalue weighted by atomic mass is 35.5. The van der Waals surface area contributed by atoms with E-state index in [1.54, 1.807) is 32.0 Å². The second-order valence-electron chi connectivity index (χ2n) is 4.92. The molecule has 0 fully saturated rings. The summed E-state index contributed by atoms with van der Waals surface area (Å²) in [5.74, 6) is 0.650. The first-order chi connectivity index (χ1) is 10.3. The summed E-state index contributed by atoms with van der Waals surface area (Å²) in [6.45, 7) is 5.57. The lowest BCUT2D eigenvalue weighted by Gasteiger charge is -2.09.